The van der Waals surface area contributed by atoms with Crippen LogP contribution in [0.3, 0.4) is 0 Å². The van der Waals surface area contributed by atoms with E-state index in [1.165, 1.54) is 0 Å². The largest absolute Gasteiger partial charge is 0.483 e. The molecule has 0 fully saturated rings. The summed E-state index contributed by atoms with van der Waals surface area (Å²) < 4.78 is 5.66. The quantitative estimate of drug-likeness (QED) is 0.925. The summed E-state index contributed by atoms with van der Waals surface area (Å²) in [7, 11) is 0. The highest BCUT2D eigenvalue weighted by Crippen LogP contribution is 2.40. The smallest absolute Gasteiger partial charge is 0.262 e. The molecular formula is C20H21NO3. The van der Waals surface area contributed by atoms with E-state index in [-0.39, 0.29) is 24.2 Å². The van der Waals surface area contributed by atoms with E-state index in [4.69, 9.17) is 4.74 Å². The van der Waals surface area contributed by atoms with E-state index in [0.29, 0.717) is 17.7 Å². The summed E-state index contributed by atoms with van der Waals surface area (Å²) in [5.41, 5.74) is 4.55. The van der Waals surface area contributed by atoms with Crippen LogP contribution < -0.4 is 10.1 Å². The fraction of sp³-hybridized carbons (Fsp3) is 0.300. The van der Waals surface area contributed by atoms with Gasteiger partial charge in [0.05, 0.1) is 5.56 Å². The Morgan fingerprint density at radius 1 is 1.17 bits per heavy atom. The third kappa shape index (κ3) is 3.04. The average molecular weight is 323 g/mol. The van der Waals surface area contributed by atoms with E-state index in [9.17, 15) is 9.59 Å². The Labute approximate surface area is 141 Å². The Balaban J connectivity index is 1.73. The summed E-state index contributed by atoms with van der Waals surface area (Å²) in [5, 5.41) is 2.83. The summed E-state index contributed by atoms with van der Waals surface area (Å²) in [4.78, 5) is 24.4. The maximum Gasteiger partial charge on any atom is 0.262 e. The summed E-state index contributed by atoms with van der Waals surface area (Å²) >= 11 is 0. The molecule has 0 saturated heterocycles. The van der Waals surface area contributed by atoms with Crippen molar-refractivity contribution in [2.45, 2.75) is 33.1 Å². The molecule has 1 amide bonds. The van der Waals surface area contributed by atoms with Crippen LogP contribution in [0.1, 0.15) is 46.3 Å². The first-order chi connectivity index (χ1) is 11.5. The molecule has 4 heteroatoms. The first-order valence-electron chi connectivity index (χ1n) is 8.12. The lowest BCUT2D eigenvalue weighted by Gasteiger charge is -2.13. The zero-order chi connectivity index (χ0) is 17.3. The van der Waals surface area contributed by atoms with Gasteiger partial charge in [0.15, 0.2) is 12.4 Å². The lowest BCUT2D eigenvalue weighted by atomic mass is 9.97. The van der Waals surface area contributed by atoms with Crippen LogP contribution in [0.4, 0.5) is 5.69 Å². The molecule has 1 atom stereocenters. The SMILES string of the molecule is Cc1ccccc1NC(=O)COc1ccc(C)c2c1C(=O)C[C@@H]2C. The van der Waals surface area contributed by atoms with Crippen LogP contribution in [0.5, 0.6) is 5.75 Å². The Bertz CT molecular complexity index is 811. The van der Waals surface area contributed by atoms with Gasteiger partial charge in [0.2, 0.25) is 0 Å². The number of ketones is 1. The van der Waals surface area contributed by atoms with Crippen LogP contribution in [0.15, 0.2) is 36.4 Å². The number of carbonyl (C=O) groups is 2. The fourth-order valence-corrected chi connectivity index (χ4v) is 3.27. The number of fused-ring (bicyclic) bond motifs is 1. The molecule has 0 aromatic heterocycles. The van der Waals surface area contributed by atoms with Gasteiger partial charge in [-0.2, -0.15) is 0 Å². The Kier molecular flexibility index (Phi) is 4.38. The molecule has 0 spiro atoms. The second-order valence-electron chi connectivity index (χ2n) is 6.35. The number of anilines is 1. The first kappa shape index (κ1) is 16.2. The van der Waals surface area contributed by atoms with Gasteiger partial charge in [0.1, 0.15) is 5.75 Å². The topological polar surface area (TPSA) is 55.4 Å². The Morgan fingerprint density at radius 2 is 1.92 bits per heavy atom. The predicted octanol–water partition coefficient (Wildman–Crippen LogP) is 4.01. The number of carbonyl (C=O) groups excluding carboxylic acids is 2. The van der Waals surface area contributed by atoms with Crippen LogP contribution >= 0.6 is 0 Å². The molecule has 1 N–H and O–H groups in total. The molecule has 4 nitrogen and oxygen atoms in total. The zero-order valence-electron chi connectivity index (χ0n) is 14.2. The van der Waals surface area contributed by atoms with Gasteiger partial charge in [0.25, 0.3) is 5.91 Å². The van der Waals surface area contributed by atoms with Gasteiger partial charge in [-0.25, -0.2) is 0 Å². The highest BCUT2D eigenvalue weighted by atomic mass is 16.5. The number of aryl methyl sites for hydroxylation is 2. The van der Waals surface area contributed by atoms with Crippen LogP contribution in [0, 0.1) is 13.8 Å². The van der Waals surface area contributed by atoms with Gasteiger partial charge in [-0.3, -0.25) is 9.59 Å². The second kappa shape index (κ2) is 6.48. The van der Waals surface area contributed by atoms with Gasteiger partial charge in [-0.15, -0.1) is 0 Å². The van der Waals surface area contributed by atoms with E-state index < -0.39 is 0 Å². The van der Waals surface area contributed by atoms with Gasteiger partial charge in [0, 0.05) is 12.1 Å². The van der Waals surface area contributed by atoms with Crippen LogP contribution in [0.2, 0.25) is 0 Å². The van der Waals surface area contributed by atoms with Crippen molar-refractivity contribution in [3.63, 3.8) is 0 Å². The van der Waals surface area contributed by atoms with E-state index >= 15 is 0 Å². The molecule has 0 radical (unpaired) electrons. The molecule has 0 heterocycles. The van der Waals surface area contributed by atoms with Crippen molar-refractivity contribution in [3.05, 3.63) is 58.7 Å². The second-order valence-corrected chi connectivity index (χ2v) is 6.35. The van der Waals surface area contributed by atoms with Crippen molar-refractivity contribution >= 4 is 17.4 Å². The molecule has 2 aromatic carbocycles. The third-order valence-corrected chi connectivity index (χ3v) is 4.47. The van der Waals surface area contributed by atoms with Gasteiger partial charge in [-0.1, -0.05) is 31.2 Å². The molecule has 1 aliphatic carbocycles. The van der Waals surface area contributed by atoms with Crippen molar-refractivity contribution in [3.8, 4) is 5.75 Å². The lowest BCUT2D eigenvalue weighted by molar-refractivity contribution is -0.118. The van der Waals surface area contributed by atoms with Crippen LogP contribution in [-0.4, -0.2) is 18.3 Å². The minimum atomic E-state index is -0.239. The normalized spacial score (nSPS) is 16.0. The van der Waals surface area contributed by atoms with E-state index in [2.05, 4.69) is 5.32 Å². The maximum atomic E-state index is 12.2. The minimum Gasteiger partial charge on any atom is -0.483 e. The molecule has 0 saturated carbocycles. The third-order valence-electron chi connectivity index (χ3n) is 4.47. The number of ether oxygens (including phenoxy) is 1. The molecule has 24 heavy (non-hydrogen) atoms. The molecule has 0 unspecified atom stereocenters. The van der Waals surface area contributed by atoms with Crippen LogP contribution in [0.25, 0.3) is 0 Å². The summed E-state index contributed by atoms with van der Waals surface area (Å²) in [5.74, 6) is 0.564. The van der Waals surface area contributed by atoms with Crippen molar-refractivity contribution in [1.29, 1.82) is 0 Å². The predicted molar refractivity (Wildman–Crippen MR) is 93.8 cm³/mol. The molecular weight excluding hydrogens is 302 g/mol. The number of nitrogens with one attached hydrogen (secondary N) is 1. The van der Waals surface area contributed by atoms with Gasteiger partial charge >= 0.3 is 0 Å². The fourth-order valence-electron chi connectivity index (χ4n) is 3.27. The average Bonchev–Trinajstić information content (AvgIpc) is 2.85. The van der Waals surface area contributed by atoms with Crippen LogP contribution in [-0.2, 0) is 4.79 Å². The Hall–Kier alpha value is -2.62. The number of hydrogen-bond donors (Lipinski definition) is 1. The monoisotopic (exact) mass is 323 g/mol. The first-order valence-corrected chi connectivity index (χ1v) is 8.12. The van der Waals surface area contributed by atoms with E-state index in [1.807, 2.05) is 51.1 Å². The maximum absolute atomic E-state index is 12.2. The molecule has 1 aliphatic rings. The minimum absolute atomic E-state index is 0.0931. The molecule has 124 valence electrons. The molecule has 2 aromatic rings. The van der Waals surface area contributed by atoms with Gasteiger partial charge in [-0.05, 0) is 48.6 Å². The number of amides is 1. The summed E-state index contributed by atoms with van der Waals surface area (Å²) in [6.07, 6.45) is 0.506. The number of rotatable bonds is 4. The van der Waals surface area contributed by atoms with Crippen molar-refractivity contribution in [1.82, 2.24) is 0 Å². The zero-order valence-corrected chi connectivity index (χ0v) is 14.2. The van der Waals surface area contributed by atoms with Crippen molar-refractivity contribution < 1.29 is 14.3 Å². The highest BCUT2D eigenvalue weighted by Gasteiger charge is 2.31. The van der Waals surface area contributed by atoms with E-state index in [1.54, 1.807) is 6.07 Å². The lowest BCUT2D eigenvalue weighted by Crippen LogP contribution is -2.21. The number of Topliss-reactive ketones (excluding diaryl/α,β-unsaturated/α-hetero) is 1. The molecule has 0 aliphatic heterocycles. The van der Waals surface area contributed by atoms with Crippen molar-refractivity contribution in [2.75, 3.05) is 11.9 Å². The standard InChI is InChI=1S/C20H21NO3/c1-12-6-4-5-7-15(12)21-18(23)11-24-17-9-8-13(2)19-14(3)10-16(22)20(17)19/h4-9,14H,10-11H2,1-3H3,(H,21,23)/t14-/m0/s1. The summed E-state index contributed by atoms with van der Waals surface area (Å²) in [6.45, 7) is 5.86. The highest BCUT2D eigenvalue weighted by molar-refractivity contribution is 6.04. The number of benzene rings is 2. The Morgan fingerprint density at radius 3 is 2.67 bits per heavy atom. The number of hydrogen-bond acceptors (Lipinski definition) is 3. The number of para-hydroxylation sites is 1. The molecule has 3 rings (SSSR count). The summed E-state index contributed by atoms with van der Waals surface area (Å²) in [6, 6.07) is 11.3. The van der Waals surface area contributed by atoms with E-state index in [0.717, 1.165) is 22.4 Å². The van der Waals surface area contributed by atoms with Crippen molar-refractivity contribution in [2.24, 2.45) is 0 Å². The van der Waals surface area contributed by atoms with Gasteiger partial charge < -0.3 is 10.1 Å². The molecule has 0 bridgehead atoms.